The van der Waals surface area contributed by atoms with Gasteiger partial charge in [-0.05, 0) is 30.8 Å². The van der Waals surface area contributed by atoms with Gasteiger partial charge in [0.2, 0.25) is 9.70 Å². The highest BCUT2D eigenvalue weighted by atomic mass is 35.6. The van der Waals surface area contributed by atoms with Crippen molar-refractivity contribution in [2.24, 2.45) is 0 Å². The van der Waals surface area contributed by atoms with Gasteiger partial charge < -0.3 is 16.0 Å². The maximum absolute atomic E-state index is 12.2. The second-order valence-corrected chi connectivity index (χ2v) is 9.32. The second-order valence-electron chi connectivity index (χ2n) is 6.14. The highest BCUT2D eigenvalue weighted by molar-refractivity contribution is 7.80. The lowest BCUT2D eigenvalue weighted by atomic mass is 10.1. The van der Waals surface area contributed by atoms with E-state index in [4.69, 9.17) is 58.6 Å². The summed E-state index contributed by atoms with van der Waals surface area (Å²) in [4.78, 5) is 12.2. The van der Waals surface area contributed by atoms with Crippen molar-refractivity contribution < 1.29 is 4.79 Å². The molecule has 1 amide bonds. The van der Waals surface area contributed by atoms with Gasteiger partial charge in [-0.2, -0.15) is 0 Å². The fourth-order valence-corrected chi connectivity index (χ4v) is 3.09. The minimum Gasteiger partial charge on any atom is -0.339 e. The van der Waals surface area contributed by atoms with E-state index in [1.807, 2.05) is 6.07 Å². The molecular formula is C18H25Cl4N3OS. The van der Waals surface area contributed by atoms with Crippen LogP contribution in [0.2, 0.25) is 5.02 Å². The maximum atomic E-state index is 12.2. The Morgan fingerprint density at radius 3 is 2.33 bits per heavy atom. The third kappa shape index (κ3) is 10.6. The third-order valence-corrected chi connectivity index (χ3v) is 4.99. The first-order chi connectivity index (χ1) is 12.7. The molecule has 0 heterocycles. The number of para-hydroxylation sites is 1. The zero-order valence-electron chi connectivity index (χ0n) is 15.2. The molecule has 0 aromatic heterocycles. The molecule has 0 radical (unpaired) electrons. The van der Waals surface area contributed by atoms with Gasteiger partial charge in [-0.25, -0.2) is 0 Å². The number of halogens is 4. The number of unbranched alkanes of at least 4 members (excludes halogenated alkanes) is 5. The van der Waals surface area contributed by atoms with Crippen molar-refractivity contribution in [2.45, 2.75) is 61.8 Å². The largest absolute Gasteiger partial charge is 0.339 e. The van der Waals surface area contributed by atoms with Crippen molar-refractivity contribution in [2.75, 3.05) is 5.32 Å². The van der Waals surface area contributed by atoms with Crippen LogP contribution in [0, 0.1) is 0 Å². The Balaban J connectivity index is 2.49. The summed E-state index contributed by atoms with van der Waals surface area (Å²) in [6.07, 6.45) is 5.93. The van der Waals surface area contributed by atoms with E-state index >= 15 is 0 Å². The molecule has 0 aliphatic heterocycles. The van der Waals surface area contributed by atoms with Gasteiger partial charge in [-0.1, -0.05) is 97.6 Å². The van der Waals surface area contributed by atoms with Gasteiger partial charge in [0.1, 0.15) is 6.17 Å². The van der Waals surface area contributed by atoms with Crippen molar-refractivity contribution in [1.29, 1.82) is 0 Å². The van der Waals surface area contributed by atoms with Crippen LogP contribution in [0.1, 0.15) is 51.9 Å². The number of hydrogen-bond donors (Lipinski definition) is 3. The summed E-state index contributed by atoms with van der Waals surface area (Å²) in [5, 5.41) is 9.10. The molecule has 0 unspecified atom stereocenters. The van der Waals surface area contributed by atoms with Crippen LogP contribution in [-0.4, -0.2) is 21.0 Å². The molecule has 1 atom stereocenters. The topological polar surface area (TPSA) is 53.2 Å². The molecule has 9 heteroatoms. The highest BCUT2D eigenvalue weighted by Crippen LogP contribution is 2.29. The van der Waals surface area contributed by atoms with Gasteiger partial charge in [0.05, 0.1) is 10.7 Å². The molecule has 27 heavy (non-hydrogen) atoms. The predicted octanol–water partition coefficient (Wildman–Crippen LogP) is 6.19. The van der Waals surface area contributed by atoms with Crippen molar-refractivity contribution >= 4 is 75.3 Å². The molecule has 1 aromatic carbocycles. The summed E-state index contributed by atoms with van der Waals surface area (Å²) < 4.78 is -1.77. The number of rotatable bonds is 10. The number of hydrogen-bond acceptors (Lipinski definition) is 2. The Morgan fingerprint density at radius 1 is 1.07 bits per heavy atom. The summed E-state index contributed by atoms with van der Waals surface area (Å²) in [6.45, 7) is 2.17. The van der Waals surface area contributed by atoms with Crippen molar-refractivity contribution in [3.63, 3.8) is 0 Å². The number of carbonyl (C=O) groups excluding carboxylic acids is 1. The molecule has 0 aliphatic carbocycles. The SMILES string of the molecule is CCCCCCCCC(=O)N[C@@H](NC(=S)Nc1ccccc1Cl)C(Cl)(Cl)Cl. The Labute approximate surface area is 186 Å². The number of anilines is 1. The standard InChI is InChI=1S/C18H25Cl4N3OS/c1-2-3-4-5-6-7-12-15(26)24-16(18(20,21)22)25-17(27)23-14-11-9-8-10-13(14)19/h8-11,16H,2-7,12H2,1H3,(H,24,26)(H2,23,25,27)/t16-/m0/s1. The lowest BCUT2D eigenvalue weighted by molar-refractivity contribution is -0.122. The van der Waals surface area contributed by atoms with E-state index in [0.717, 1.165) is 19.3 Å². The minimum atomic E-state index is -1.77. The van der Waals surface area contributed by atoms with Gasteiger partial charge in [0.15, 0.2) is 5.11 Å². The van der Waals surface area contributed by atoms with Crippen molar-refractivity contribution in [3.8, 4) is 0 Å². The Morgan fingerprint density at radius 2 is 1.70 bits per heavy atom. The summed E-state index contributed by atoms with van der Waals surface area (Å²) in [6, 6.07) is 7.10. The van der Waals surface area contributed by atoms with E-state index < -0.39 is 9.96 Å². The average molecular weight is 473 g/mol. The van der Waals surface area contributed by atoms with Crippen LogP contribution in [0.25, 0.3) is 0 Å². The number of amides is 1. The summed E-state index contributed by atoms with van der Waals surface area (Å²) in [5.41, 5.74) is 0.609. The second kappa shape index (κ2) is 12.9. The van der Waals surface area contributed by atoms with Gasteiger partial charge in [-0.3, -0.25) is 4.79 Å². The van der Waals surface area contributed by atoms with Gasteiger partial charge in [0, 0.05) is 6.42 Å². The Kier molecular flexibility index (Phi) is 11.7. The zero-order chi connectivity index (χ0) is 20.3. The number of carbonyl (C=O) groups is 1. The van der Waals surface area contributed by atoms with E-state index in [2.05, 4.69) is 22.9 Å². The summed E-state index contributed by atoms with van der Waals surface area (Å²) >= 11 is 29.3. The third-order valence-electron chi connectivity index (χ3n) is 3.79. The first kappa shape index (κ1) is 24.6. The van der Waals surface area contributed by atoms with E-state index in [-0.39, 0.29) is 11.0 Å². The van der Waals surface area contributed by atoms with Gasteiger partial charge in [0.25, 0.3) is 0 Å². The van der Waals surface area contributed by atoms with Gasteiger partial charge >= 0.3 is 0 Å². The monoisotopic (exact) mass is 471 g/mol. The maximum Gasteiger partial charge on any atom is 0.228 e. The fourth-order valence-electron chi connectivity index (χ4n) is 2.35. The molecule has 152 valence electrons. The quantitative estimate of drug-likeness (QED) is 0.164. The predicted molar refractivity (Wildman–Crippen MR) is 121 cm³/mol. The first-order valence-electron chi connectivity index (χ1n) is 8.92. The van der Waals surface area contributed by atoms with Crippen LogP contribution in [0.5, 0.6) is 0 Å². The Bertz CT molecular complexity index is 611. The molecule has 1 rings (SSSR count). The molecule has 0 fully saturated rings. The number of nitrogens with one attached hydrogen (secondary N) is 3. The average Bonchev–Trinajstić information content (AvgIpc) is 2.58. The van der Waals surface area contributed by atoms with Crippen LogP contribution in [0.3, 0.4) is 0 Å². The number of benzene rings is 1. The smallest absolute Gasteiger partial charge is 0.228 e. The van der Waals surface area contributed by atoms with Crippen LogP contribution >= 0.6 is 58.6 Å². The lowest BCUT2D eigenvalue weighted by Gasteiger charge is -2.28. The molecular weight excluding hydrogens is 448 g/mol. The number of alkyl halides is 3. The fraction of sp³-hybridized carbons (Fsp3) is 0.556. The zero-order valence-corrected chi connectivity index (χ0v) is 19.0. The normalized spacial score (nSPS) is 12.3. The molecule has 0 saturated carbocycles. The van der Waals surface area contributed by atoms with Crippen LogP contribution in [0.4, 0.5) is 5.69 Å². The van der Waals surface area contributed by atoms with E-state index in [0.29, 0.717) is 17.1 Å². The molecule has 0 spiro atoms. The highest BCUT2D eigenvalue weighted by Gasteiger charge is 2.34. The molecule has 0 aliphatic rings. The minimum absolute atomic E-state index is 0.180. The van der Waals surface area contributed by atoms with Crippen LogP contribution < -0.4 is 16.0 Å². The molecule has 3 N–H and O–H groups in total. The summed E-state index contributed by atoms with van der Waals surface area (Å²) in [7, 11) is 0. The van der Waals surface area contributed by atoms with Crippen molar-refractivity contribution in [1.82, 2.24) is 10.6 Å². The van der Waals surface area contributed by atoms with E-state index in [1.54, 1.807) is 18.2 Å². The van der Waals surface area contributed by atoms with Crippen molar-refractivity contribution in [3.05, 3.63) is 29.3 Å². The lowest BCUT2D eigenvalue weighted by Crippen LogP contribution is -2.56. The van der Waals surface area contributed by atoms with Crippen LogP contribution in [0.15, 0.2) is 24.3 Å². The molecule has 1 aromatic rings. The molecule has 0 bridgehead atoms. The molecule has 0 saturated heterocycles. The van der Waals surface area contributed by atoms with E-state index in [9.17, 15) is 4.79 Å². The molecule has 4 nitrogen and oxygen atoms in total. The number of thiocarbonyl (C=S) groups is 1. The first-order valence-corrected chi connectivity index (χ1v) is 10.8. The Hall–Kier alpha value is -0.460. The summed E-state index contributed by atoms with van der Waals surface area (Å²) in [5.74, 6) is -0.199. The van der Waals surface area contributed by atoms with Gasteiger partial charge in [-0.15, -0.1) is 0 Å². The van der Waals surface area contributed by atoms with Crippen LogP contribution in [-0.2, 0) is 4.79 Å². The van der Waals surface area contributed by atoms with E-state index in [1.165, 1.54) is 19.3 Å².